The molecule has 148 valence electrons. The largest absolute Gasteiger partial charge is 0.548 e. The van der Waals surface area contributed by atoms with E-state index in [9.17, 15) is 0 Å². The van der Waals surface area contributed by atoms with E-state index in [1.807, 2.05) is 0 Å². The molecule has 3 aliphatic rings. The van der Waals surface area contributed by atoms with Gasteiger partial charge in [-0.15, -0.1) is 0 Å². The molecular weight excluding hydrogens is 340 g/mol. The summed E-state index contributed by atoms with van der Waals surface area (Å²) >= 11 is 0. The first-order valence-corrected chi connectivity index (χ1v) is 13.7. The van der Waals surface area contributed by atoms with E-state index in [1.165, 1.54) is 32.1 Å². The van der Waals surface area contributed by atoms with Crippen molar-refractivity contribution in [3.8, 4) is 0 Å². The van der Waals surface area contributed by atoms with Crippen LogP contribution >= 0.6 is 0 Å². The average molecular weight is 379 g/mol. The maximum atomic E-state index is 6.13. The van der Waals surface area contributed by atoms with Gasteiger partial charge in [0.05, 0.1) is 11.9 Å². The second kappa shape index (κ2) is 7.44. The normalized spacial score (nSPS) is 38.9. The zero-order valence-electron chi connectivity index (χ0n) is 17.5. The van der Waals surface area contributed by atoms with Gasteiger partial charge < -0.3 is 13.9 Å². The molecule has 2 saturated carbocycles. The van der Waals surface area contributed by atoms with Crippen LogP contribution in [0.3, 0.4) is 0 Å². The summed E-state index contributed by atoms with van der Waals surface area (Å²) in [5, 5.41) is 0. The molecule has 0 aliphatic heterocycles. The standard InChI is InChI=1S/C22H38O3Si/c1-17(25-26(4,5)6)9-12-21(2)11-7-8-19-14-18-15-22(19,21)13-10-20(18)24-16-23-3/h7,11,18-20H,1,8-10,12-16H2,2-6H3/t18-,19-,20-,21+,22+/m0/s1. The predicted molar refractivity (Wildman–Crippen MR) is 109 cm³/mol. The lowest BCUT2D eigenvalue weighted by Crippen LogP contribution is -2.46. The van der Waals surface area contributed by atoms with Crippen molar-refractivity contribution in [1.29, 1.82) is 0 Å². The fraction of sp³-hybridized carbons (Fsp3) is 0.818. The minimum Gasteiger partial charge on any atom is -0.548 e. The van der Waals surface area contributed by atoms with Gasteiger partial charge in [0, 0.05) is 13.5 Å². The van der Waals surface area contributed by atoms with Crippen molar-refractivity contribution in [3.63, 3.8) is 0 Å². The molecule has 3 rings (SSSR count). The molecule has 0 aromatic carbocycles. The van der Waals surface area contributed by atoms with Crippen LogP contribution in [0.1, 0.15) is 51.9 Å². The second-order valence-corrected chi connectivity index (χ2v) is 14.4. The molecule has 0 aromatic heterocycles. The summed E-state index contributed by atoms with van der Waals surface area (Å²) in [5.74, 6) is 2.50. The van der Waals surface area contributed by atoms with Gasteiger partial charge in [-0.3, -0.25) is 0 Å². The number of rotatable bonds is 8. The molecular formula is C22H38O3Si. The Balaban J connectivity index is 1.69. The molecule has 0 unspecified atom stereocenters. The predicted octanol–water partition coefficient (Wildman–Crippen LogP) is 5.89. The topological polar surface area (TPSA) is 27.7 Å². The van der Waals surface area contributed by atoms with E-state index in [4.69, 9.17) is 13.9 Å². The molecule has 26 heavy (non-hydrogen) atoms. The van der Waals surface area contributed by atoms with Crippen LogP contribution in [0.25, 0.3) is 0 Å². The molecule has 4 heteroatoms. The van der Waals surface area contributed by atoms with Crippen molar-refractivity contribution in [2.45, 2.75) is 77.6 Å². The Morgan fingerprint density at radius 2 is 2.08 bits per heavy atom. The van der Waals surface area contributed by atoms with Gasteiger partial charge >= 0.3 is 0 Å². The molecule has 1 spiro atoms. The quantitative estimate of drug-likeness (QED) is 0.228. The lowest BCUT2D eigenvalue weighted by atomic mass is 9.51. The van der Waals surface area contributed by atoms with Gasteiger partial charge in [0.25, 0.3) is 0 Å². The molecule has 0 aromatic rings. The summed E-state index contributed by atoms with van der Waals surface area (Å²) < 4.78 is 17.3. The van der Waals surface area contributed by atoms with Crippen molar-refractivity contribution in [3.05, 3.63) is 24.5 Å². The third-order valence-electron chi connectivity index (χ3n) is 7.21. The number of fused-ring (bicyclic) bond motifs is 1. The number of hydrogen-bond acceptors (Lipinski definition) is 3. The van der Waals surface area contributed by atoms with Gasteiger partial charge in [0.2, 0.25) is 8.32 Å². The van der Waals surface area contributed by atoms with Gasteiger partial charge in [-0.25, -0.2) is 0 Å². The second-order valence-electron chi connectivity index (χ2n) is 10.0. The summed E-state index contributed by atoms with van der Waals surface area (Å²) in [6, 6.07) is 0. The highest BCUT2D eigenvalue weighted by Crippen LogP contribution is 2.67. The van der Waals surface area contributed by atoms with E-state index in [0.717, 1.165) is 24.5 Å². The van der Waals surface area contributed by atoms with Crippen LogP contribution in [0.4, 0.5) is 0 Å². The Hall–Kier alpha value is -0.583. The summed E-state index contributed by atoms with van der Waals surface area (Å²) in [6.07, 6.45) is 13.8. The number of methoxy groups -OCH3 is 1. The zero-order chi connectivity index (χ0) is 19.0. The summed E-state index contributed by atoms with van der Waals surface area (Å²) in [4.78, 5) is 0. The van der Waals surface area contributed by atoms with Crippen molar-refractivity contribution >= 4 is 8.32 Å². The summed E-state index contributed by atoms with van der Waals surface area (Å²) in [7, 11) is 0.165. The van der Waals surface area contributed by atoms with Gasteiger partial charge in [0.1, 0.15) is 6.79 Å². The molecule has 2 bridgehead atoms. The maximum Gasteiger partial charge on any atom is 0.241 e. The lowest BCUT2D eigenvalue weighted by molar-refractivity contribution is -0.114. The fourth-order valence-corrected chi connectivity index (χ4v) is 7.06. The highest BCUT2D eigenvalue weighted by molar-refractivity contribution is 6.70. The average Bonchev–Trinajstić information content (AvgIpc) is 2.86. The van der Waals surface area contributed by atoms with Crippen LogP contribution in [0.5, 0.6) is 0 Å². The van der Waals surface area contributed by atoms with Crippen molar-refractivity contribution < 1.29 is 13.9 Å². The molecule has 0 amide bonds. The third-order valence-corrected chi connectivity index (χ3v) is 8.11. The summed E-state index contributed by atoms with van der Waals surface area (Å²) in [5.41, 5.74) is 0.696. The fourth-order valence-electron chi connectivity index (χ4n) is 6.09. The first-order chi connectivity index (χ1) is 12.2. The van der Waals surface area contributed by atoms with Crippen molar-refractivity contribution in [2.75, 3.05) is 13.9 Å². The SMILES string of the molecule is C=C(CC[C@@]1(C)C=CC[C@H]2C[C@H]3C[C@]21CC[C@@H]3OCOC)O[Si](C)(C)C. The number of allylic oxidation sites excluding steroid dienone is 3. The van der Waals surface area contributed by atoms with Gasteiger partial charge in [-0.05, 0) is 80.8 Å². The van der Waals surface area contributed by atoms with Gasteiger partial charge in [-0.1, -0.05) is 25.7 Å². The molecule has 0 N–H and O–H groups in total. The Morgan fingerprint density at radius 3 is 2.77 bits per heavy atom. The van der Waals surface area contributed by atoms with E-state index in [-0.39, 0.29) is 5.41 Å². The van der Waals surface area contributed by atoms with E-state index < -0.39 is 8.32 Å². The van der Waals surface area contributed by atoms with Gasteiger partial charge in [0.15, 0.2) is 0 Å². The molecule has 5 atom stereocenters. The van der Waals surface area contributed by atoms with Crippen LogP contribution in [-0.4, -0.2) is 28.3 Å². The van der Waals surface area contributed by atoms with E-state index in [2.05, 4.69) is 45.3 Å². The van der Waals surface area contributed by atoms with Crippen LogP contribution in [-0.2, 0) is 13.9 Å². The lowest BCUT2D eigenvalue weighted by Gasteiger charge is -2.53. The Morgan fingerprint density at radius 1 is 1.31 bits per heavy atom. The Labute approximate surface area is 161 Å². The van der Waals surface area contributed by atoms with Crippen LogP contribution in [0.15, 0.2) is 24.5 Å². The van der Waals surface area contributed by atoms with Crippen molar-refractivity contribution in [1.82, 2.24) is 0 Å². The highest BCUT2D eigenvalue weighted by Gasteiger charge is 2.60. The summed E-state index contributed by atoms with van der Waals surface area (Å²) in [6.45, 7) is 13.9. The first kappa shape index (κ1) is 20.2. The van der Waals surface area contributed by atoms with Crippen molar-refractivity contribution in [2.24, 2.45) is 22.7 Å². The minimum atomic E-state index is -1.55. The maximum absolute atomic E-state index is 6.13. The molecule has 3 nitrogen and oxygen atoms in total. The molecule has 0 saturated heterocycles. The van der Waals surface area contributed by atoms with Crippen LogP contribution in [0.2, 0.25) is 19.6 Å². The smallest absolute Gasteiger partial charge is 0.241 e. The highest BCUT2D eigenvalue weighted by atomic mass is 28.4. The Bertz CT molecular complexity index is 552. The first-order valence-electron chi connectivity index (χ1n) is 10.3. The number of hydrogen-bond donors (Lipinski definition) is 0. The molecule has 3 aliphatic carbocycles. The Kier molecular flexibility index (Phi) is 5.77. The zero-order valence-corrected chi connectivity index (χ0v) is 18.5. The molecule has 2 fully saturated rings. The van der Waals surface area contributed by atoms with E-state index in [0.29, 0.717) is 24.2 Å². The third kappa shape index (κ3) is 3.83. The van der Waals surface area contributed by atoms with Crippen LogP contribution in [0, 0.1) is 22.7 Å². The monoisotopic (exact) mass is 378 g/mol. The molecule has 0 radical (unpaired) electrons. The number of ether oxygens (including phenoxy) is 2. The molecule has 0 heterocycles. The van der Waals surface area contributed by atoms with Gasteiger partial charge in [-0.2, -0.15) is 0 Å². The van der Waals surface area contributed by atoms with Crippen LogP contribution < -0.4 is 0 Å². The van der Waals surface area contributed by atoms with E-state index >= 15 is 0 Å². The van der Waals surface area contributed by atoms with E-state index in [1.54, 1.807) is 7.11 Å². The minimum absolute atomic E-state index is 0.253.